The second-order valence-corrected chi connectivity index (χ2v) is 6.29. The Bertz CT molecular complexity index is 487. The van der Waals surface area contributed by atoms with Gasteiger partial charge in [-0.3, -0.25) is 0 Å². The first-order valence-electron chi connectivity index (χ1n) is 7.43. The van der Waals surface area contributed by atoms with Crippen molar-refractivity contribution in [2.75, 3.05) is 20.3 Å². The summed E-state index contributed by atoms with van der Waals surface area (Å²) in [5.41, 5.74) is -0.0398. The Morgan fingerprint density at radius 1 is 1.43 bits per heavy atom. The first-order chi connectivity index (χ1) is 10.0. The molecule has 1 fully saturated rings. The van der Waals surface area contributed by atoms with Crippen molar-refractivity contribution in [3.63, 3.8) is 0 Å². The van der Waals surface area contributed by atoms with Gasteiger partial charge < -0.3 is 15.2 Å². The molecule has 0 saturated heterocycles. The number of methoxy groups -OCH3 is 1. The van der Waals surface area contributed by atoms with Crippen LogP contribution < -0.4 is 5.32 Å². The average molecular weight is 288 g/mol. The fourth-order valence-corrected chi connectivity index (χ4v) is 2.85. The van der Waals surface area contributed by atoms with Gasteiger partial charge >= 0.3 is 0 Å². The molecular formula is C17H24N2O2. The van der Waals surface area contributed by atoms with E-state index in [1.165, 1.54) is 0 Å². The Labute approximate surface area is 126 Å². The van der Waals surface area contributed by atoms with E-state index in [4.69, 9.17) is 4.74 Å². The van der Waals surface area contributed by atoms with E-state index in [2.05, 4.69) is 11.4 Å². The minimum atomic E-state index is -0.770. The number of rotatable bonds is 7. The summed E-state index contributed by atoms with van der Waals surface area (Å²) in [6.07, 6.45) is 2.20. The summed E-state index contributed by atoms with van der Waals surface area (Å²) in [6, 6.07) is 12.7. The summed E-state index contributed by atoms with van der Waals surface area (Å²) in [5.74, 6) is 0. The van der Waals surface area contributed by atoms with Crippen LogP contribution in [-0.4, -0.2) is 37.0 Å². The van der Waals surface area contributed by atoms with E-state index in [0.717, 1.165) is 18.4 Å². The summed E-state index contributed by atoms with van der Waals surface area (Å²) in [7, 11) is 1.64. The molecule has 1 aromatic rings. The maximum atomic E-state index is 10.2. The van der Waals surface area contributed by atoms with E-state index in [0.29, 0.717) is 25.6 Å². The van der Waals surface area contributed by atoms with Crippen molar-refractivity contribution >= 4 is 0 Å². The molecule has 1 saturated carbocycles. The number of hydrogen-bond acceptors (Lipinski definition) is 4. The molecule has 0 amide bonds. The van der Waals surface area contributed by atoms with E-state index in [9.17, 15) is 10.4 Å². The van der Waals surface area contributed by atoms with Crippen LogP contribution >= 0.6 is 0 Å². The zero-order valence-electron chi connectivity index (χ0n) is 12.8. The van der Waals surface area contributed by atoms with Gasteiger partial charge in [-0.25, -0.2) is 0 Å². The van der Waals surface area contributed by atoms with Crippen LogP contribution in [0, 0.1) is 11.3 Å². The molecule has 1 atom stereocenters. The fourth-order valence-electron chi connectivity index (χ4n) is 2.85. The van der Waals surface area contributed by atoms with Gasteiger partial charge in [-0.2, -0.15) is 5.26 Å². The molecule has 4 nitrogen and oxygen atoms in total. The van der Waals surface area contributed by atoms with E-state index < -0.39 is 5.60 Å². The van der Waals surface area contributed by atoms with Crippen LogP contribution in [0.1, 0.15) is 31.7 Å². The van der Waals surface area contributed by atoms with Crippen molar-refractivity contribution in [3.05, 3.63) is 35.9 Å². The minimum absolute atomic E-state index is 0.291. The molecule has 0 radical (unpaired) electrons. The molecule has 0 aromatic heterocycles. The highest BCUT2D eigenvalue weighted by Gasteiger charge is 2.46. The highest BCUT2D eigenvalue weighted by molar-refractivity contribution is 5.36. The molecule has 2 rings (SSSR count). The molecule has 114 valence electrons. The molecule has 0 bridgehead atoms. The van der Waals surface area contributed by atoms with E-state index >= 15 is 0 Å². The lowest BCUT2D eigenvalue weighted by Gasteiger charge is -2.44. The van der Waals surface area contributed by atoms with Crippen molar-refractivity contribution in [2.24, 2.45) is 0 Å². The zero-order chi connectivity index (χ0) is 15.3. The van der Waals surface area contributed by atoms with Gasteiger partial charge in [0.05, 0.1) is 17.1 Å². The average Bonchev–Trinajstić information content (AvgIpc) is 2.45. The predicted octanol–water partition coefficient (Wildman–Crippen LogP) is 1.99. The molecule has 21 heavy (non-hydrogen) atoms. The standard InChI is InChI=1S/C17H24N2O2/c1-16(20,8-9-21-2)13-19-15-10-17(11-15,12-18)14-6-4-3-5-7-14/h3-7,15,19-20H,8-11,13H2,1-2H3. The second kappa shape index (κ2) is 6.57. The van der Waals surface area contributed by atoms with Crippen LogP contribution in [0.25, 0.3) is 0 Å². The van der Waals surface area contributed by atoms with Crippen LogP contribution in [0.3, 0.4) is 0 Å². The number of nitriles is 1. The van der Waals surface area contributed by atoms with Gasteiger partial charge in [0.2, 0.25) is 0 Å². The highest BCUT2D eigenvalue weighted by Crippen LogP contribution is 2.43. The Morgan fingerprint density at radius 2 is 2.10 bits per heavy atom. The third kappa shape index (κ3) is 3.82. The lowest BCUT2D eigenvalue weighted by Crippen LogP contribution is -2.54. The summed E-state index contributed by atoms with van der Waals surface area (Å²) < 4.78 is 5.00. The van der Waals surface area contributed by atoms with Crippen molar-refractivity contribution in [2.45, 2.75) is 43.2 Å². The van der Waals surface area contributed by atoms with E-state index in [1.54, 1.807) is 7.11 Å². The van der Waals surface area contributed by atoms with E-state index in [-0.39, 0.29) is 5.41 Å². The monoisotopic (exact) mass is 288 g/mol. The first kappa shape index (κ1) is 16.0. The third-order valence-corrected chi connectivity index (χ3v) is 4.35. The smallest absolute Gasteiger partial charge is 0.0852 e. The van der Waals surface area contributed by atoms with Crippen LogP contribution in [0.5, 0.6) is 0 Å². The number of hydrogen-bond donors (Lipinski definition) is 2. The number of aliphatic hydroxyl groups is 1. The van der Waals surface area contributed by atoms with Crippen molar-refractivity contribution in [3.8, 4) is 6.07 Å². The Balaban J connectivity index is 1.84. The third-order valence-electron chi connectivity index (χ3n) is 4.35. The lowest BCUT2D eigenvalue weighted by atomic mass is 9.62. The van der Waals surface area contributed by atoms with Crippen LogP contribution in [-0.2, 0) is 10.2 Å². The fraction of sp³-hybridized carbons (Fsp3) is 0.588. The normalized spacial score (nSPS) is 27.4. The van der Waals surface area contributed by atoms with Gasteiger partial charge in [0.15, 0.2) is 0 Å². The van der Waals surface area contributed by atoms with Crippen molar-refractivity contribution < 1.29 is 9.84 Å². The van der Waals surface area contributed by atoms with Gasteiger partial charge in [-0.05, 0) is 25.3 Å². The zero-order valence-corrected chi connectivity index (χ0v) is 12.8. The van der Waals surface area contributed by atoms with Crippen LogP contribution in [0.2, 0.25) is 0 Å². The molecule has 0 spiro atoms. The molecular weight excluding hydrogens is 264 g/mol. The maximum absolute atomic E-state index is 10.2. The highest BCUT2D eigenvalue weighted by atomic mass is 16.5. The predicted molar refractivity (Wildman–Crippen MR) is 81.9 cm³/mol. The van der Waals surface area contributed by atoms with Gasteiger partial charge in [-0.1, -0.05) is 30.3 Å². The largest absolute Gasteiger partial charge is 0.389 e. The Kier molecular flexibility index (Phi) is 5.00. The maximum Gasteiger partial charge on any atom is 0.0852 e. The summed E-state index contributed by atoms with van der Waals surface area (Å²) >= 11 is 0. The minimum Gasteiger partial charge on any atom is -0.389 e. The molecule has 2 N–H and O–H groups in total. The molecule has 0 heterocycles. The topological polar surface area (TPSA) is 65.3 Å². The second-order valence-electron chi connectivity index (χ2n) is 6.29. The Morgan fingerprint density at radius 3 is 2.67 bits per heavy atom. The quantitative estimate of drug-likeness (QED) is 0.805. The van der Waals surface area contributed by atoms with Crippen LogP contribution in [0.4, 0.5) is 0 Å². The Hall–Kier alpha value is -1.41. The SMILES string of the molecule is COCCC(C)(O)CNC1CC(C#N)(c2ccccc2)C1. The number of nitrogens with zero attached hydrogens (tertiary/aromatic N) is 1. The first-order valence-corrected chi connectivity index (χ1v) is 7.43. The summed E-state index contributed by atoms with van der Waals surface area (Å²) in [6.45, 7) is 2.88. The molecule has 1 aliphatic carbocycles. The molecule has 1 unspecified atom stereocenters. The summed E-state index contributed by atoms with van der Waals surface area (Å²) in [4.78, 5) is 0. The van der Waals surface area contributed by atoms with Gasteiger partial charge in [0.25, 0.3) is 0 Å². The number of nitrogens with one attached hydrogen (secondary N) is 1. The summed E-state index contributed by atoms with van der Waals surface area (Å²) in [5, 5.41) is 23.1. The van der Waals surface area contributed by atoms with Gasteiger partial charge in [0.1, 0.15) is 0 Å². The van der Waals surface area contributed by atoms with Crippen LogP contribution in [0.15, 0.2) is 30.3 Å². The van der Waals surface area contributed by atoms with E-state index in [1.807, 2.05) is 37.3 Å². The van der Waals surface area contributed by atoms with Crippen molar-refractivity contribution in [1.29, 1.82) is 5.26 Å². The molecule has 4 heteroatoms. The molecule has 0 aliphatic heterocycles. The van der Waals surface area contributed by atoms with Gasteiger partial charge in [0, 0.05) is 32.7 Å². The number of benzene rings is 1. The lowest BCUT2D eigenvalue weighted by molar-refractivity contribution is 0.0181. The number of ether oxygens (including phenoxy) is 1. The molecule has 1 aromatic carbocycles. The van der Waals surface area contributed by atoms with Gasteiger partial charge in [-0.15, -0.1) is 0 Å². The van der Waals surface area contributed by atoms with Crippen molar-refractivity contribution in [1.82, 2.24) is 5.32 Å². The molecule has 1 aliphatic rings.